The number of allylic oxidation sites excluding steroid dienone is 1. The summed E-state index contributed by atoms with van der Waals surface area (Å²) in [6, 6.07) is 0. The molecule has 120 valence electrons. The molecule has 0 spiro atoms. The molecule has 0 aromatic heterocycles. The van der Waals surface area contributed by atoms with E-state index in [0.717, 1.165) is 0 Å². The fourth-order valence-corrected chi connectivity index (χ4v) is 3.70. The summed E-state index contributed by atoms with van der Waals surface area (Å²) in [7, 11) is -5.36. The summed E-state index contributed by atoms with van der Waals surface area (Å²) >= 11 is 0. The molecule has 0 saturated carbocycles. The molecule has 0 aliphatic rings. The molecule has 0 fully saturated rings. The van der Waals surface area contributed by atoms with Crippen LogP contribution in [0.2, 0.25) is 18.1 Å². The highest BCUT2D eigenvalue weighted by Crippen LogP contribution is 2.37. The fraction of sp³-hybridized carbons (Fsp3) is 0.857. The van der Waals surface area contributed by atoms with Crippen LogP contribution in [-0.4, -0.2) is 28.9 Å². The molecule has 0 unspecified atom stereocenters. The molecule has 0 amide bonds. The van der Waals surface area contributed by atoms with Gasteiger partial charge in [-0.2, -0.15) is 0 Å². The van der Waals surface area contributed by atoms with Gasteiger partial charge in [-0.15, -0.1) is 0 Å². The first-order valence-electron chi connectivity index (χ1n) is 7.00. The van der Waals surface area contributed by atoms with E-state index in [1.165, 1.54) is 0 Å². The van der Waals surface area contributed by atoms with Crippen molar-refractivity contribution in [1.29, 1.82) is 0 Å². The maximum absolute atomic E-state index is 12.0. The van der Waals surface area contributed by atoms with Crippen LogP contribution in [0.4, 0.5) is 0 Å². The molecule has 0 heterocycles. The lowest BCUT2D eigenvalue weighted by Crippen LogP contribution is -2.51. The van der Waals surface area contributed by atoms with Crippen LogP contribution in [0.1, 0.15) is 48.0 Å². The predicted molar refractivity (Wildman–Crippen MR) is 88.7 cm³/mol. The smallest absolute Gasteiger partial charge is 0.236 e. The fourth-order valence-electron chi connectivity index (χ4n) is 1.23. The Morgan fingerprint density at radius 3 is 2.00 bits per heavy atom. The monoisotopic (exact) mass is 321 g/mol. The quantitative estimate of drug-likeness (QED) is 0.729. The van der Waals surface area contributed by atoms with Crippen molar-refractivity contribution in [2.24, 2.45) is 0 Å². The third-order valence-electron chi connectivity index (χ3n) is 3.79. The van der Waals surface area contributed by atoms with E-state index in [1.54, 1.807) is 6.92 Å². The van der Waals surface area contributed by atoms with E-state index in [9.17, 15) is 8.42 Å². The average molecular weight is 322 g/mol. The number of hydrogen-bond donors (Lipinski definition) is 1. The summed E-state index contributed by atoms with van der Waals surface area (Å²) < 4.78 is 32.9. The van der Waals surface area contributed by atoms with Crippen LogP contribution in [-0.2, 0) is 14.4 Å². The van der Waals surface area contributed by atoms with Crippen LogP contribution in [0.3, 0.4) is 0 Å². The van der Waals surface area contributed by atoms with E-state index in [0.29, 0.717) is 13.0 Å². The standard InChI is InChI=1S/C14H31NO3SSi/c1-10-12(2)19(16,17)15-14(6,7)11-18-20(8,9)13(3,4)5/h15H,2,10-11H2,1,3-9H3. The van der Waals surface area contributed by atoms with Crippen molar-refractivity contribution in [2.75, 3.05) is 6.61 Å². The molecule has 20 heavy (non-hydrogen) atoms. The Balaban J connectivity index is 4.83. The molecular formula is C14H31NO3SSi. The Labute approximate surface area is 126 Å². The second-order valence-corrected chi connectivity index (χ2v) is 14.0. The van der Waals surface area contributed by atoms with E-state index in [4.69, 9.17) is 4.43 Å². The third kappa shape index (κ3) is 5.67. The van der Waals surface area contributed by atoms with E-state index in [2.05, 4.69) is 45.2 Å². The molecule has 0 radical (unpaired) electrons. The van der Waals surface area contributed by atoms with Crippen LogP contribution >= 0.6 is 0 Å². The van der Waals surface area contributed by atoms with E-state index in [1.807, 2.05) is 13.8 Å². The van der Waals surface area contributed by atoms with Gasteiger partial charge in [0.05, 0.1) is 11.5 Å². The van der Waals surface area contributed by atoms with Gasteiger partial charge in [-0.3, -0.25) is 0 Å². The number of hydrogen-bond acceptors (Lipinski definition) is 3. The maximum Gasteiger partial charge on any atom is 0.236 e. The van der Waals surface area contributed by atoms with Gasteiger partial charge in [-0.25, -0.2) is 13.1 Å². The number of sulfonamides is 1. The zero-order valence-electron chi connectivity index (χ0n) is 14.3. The Bertz CT molecular complexity index is 448. The van der Waals surface area contributed by atoms with Gasteiger partial charge in [0.15, 0.2) is 8.32 Å². The van der Waals surface area contributed by atoms with Crippen molar-refractivity contribution < 1.29 is 12.8 Å². The molecule has 6 heteroatoms. The average Bonchev–Trinajstić information content (AvgIpc) is 2.22. The van der Waals surface area contributed by atoms with E-state index < -0.39 is 23.9 Å². The van der Waals surface area contributed by atoms with Crippen molar-refractivity contribution in [3.63, 3.8) is 0 Å². The van der Waals surface area contributed by atoms with Crippen molar-refractivity contribution in [2.45, 2.75) is 71.6 Å². The van der Waals surface area contributed by atoms with Gasteiger partial charge in [0.1, 0.15) is 0 Å². The summed E-state index contributed by atoms with van der Waals surface area (Å²) in [5.41, 5.74) is -0.646. The molecule has 0 atom stereocenters. The van der Waals surface area contributed by atoms with Crippen molar-refractivity contribution in [3.05, 3.63) is 11.5 Å². The maximum atomic E-state index is 12.0. The van der Waals surface area contributed by atoms with E-state index in [-0.39, 0.29) is 9.94 Å². The zero-order chi connectivity index (χ0) is 16.4. The molecule has 0 rings (SSSR count). The molecule has 0 bridgehead atoms. The first-order valence-corrected chi connectivity index (χ1v) is 11.4. The van der Waals surface area contributed by atoms with Gasteiger partial charge < -0.3 is 4.43 Å². The second-order valence-electron chi connectivity index (χ2n) is 7.43. The van der Waals surface area contributed by atoms with Crippen LogP contribution < -0.4 is 4.72 Å². The highest BCUT2D eigenvalue weighted by atomic mass is 32.2. The molecule has 1 N–H and O–H groups in total. The van der Waals surface area contributed by atoms with Crippen molar-refractivity contribution in [3.8, 4) is 0 Å². The predicted octanol–water partition coefficient (Wildman–Crippen LogP) is 3.63. The van der Waals surface area contributed by atoms with Gasteiger partial charge in [0.2, 0.25) is 10.0 Å². The lowest BCUT2D eigenvalue weighted by atomic mass is 10.1. The van der Waals surface area contributed by atoms with E-state index >= 15 is 0 Å². The lowest BCUT2D eigenvalue weighted by molar-refractivity contribution is 0.211. The summed E-state index contributed by atoms with van der Waals surface area (Å²) in [6.45, 7) is 20.2. The molecule has 0 aliphatic carbocycles. The van der Waals surface area contributed by atoms with Gasteiger partial charge in [0, 0.05) is 5.54 Å². The highest BCUT2D eigenvalue weighted by molar-refractivity contribution is 7.93. The van der Waals surface area contributed by atoms with Gasteiger partial charge in [0.25, 0.3) is 0 Å². The Hall–Kier alpha value is -0.173. The summed E-state index contributed by atoms with van der Waals surface area (Å²) in [4.78, 5) is 0.206. The summed E-state index contributed by atoms with van der Waals surface area (Å²) in [5.74, 6) is 0. The summed E-state index contributed by atoms with van der Waals surface area (Å²) in [5, 5.41) is 0.106. The SMILES string of the molecule is C=C(CC)S(=O)(=O)NC(C)(C)CO[Si](C)(C)C(C)(C)C. The second kappa shape index (κ2) is 6.30. The Morgan fingerprint density at radius 1 is 1.20 bits per heavy atom. The molecule has 0 aliphatic heterocycles. The molecule has 0 saturated heterocycles. The normalized spacial score (nSPS) is 14.4. The molecule has 4 nitrogen and oxygen atoms in total. The van der Waals surface area contributed by atoms with Crippen LogP contribution in [0.15, 0.2) is 11.5 Å². The Morgan fingerprint density at radius 2 is 1.65 bits per heavy atom. The van der Waals surface area contributed by atoms with Gasteiger partial charge in [-0.1, -0.05) is 34.3 Å². The lowest BCUT2D eigenvalue weighted by Gasteiger charge is -2.39. The third-order valence-corrected chi connectivity index (χ3v) is 10.1. The van der Waals surface area contributed by atoms with Gasteiger partial charge in [-0.05, 0) is 38.4 Å². The minimum absolute atomic E-state index is 0.106. The van der Waals surface area contributed by atoms with Crippen LogP contribution in [0, 0.1) is 0 Å². The first kappa shape index (κ1) is 19.8. The number of nitrogens with one attached hydrogen (secondary N) is 1. The van der Waals surface area contributed by atoms with Crippen LogP contribution in [0.25, 0.3) is 0 Å². The minimum Gasteiger partial charge on any atom is -0.415 e. The highest BCUT2D eigenvalue weighted by Gasteiger charge is 2.39. The Kier molecular flexibility index (Phi) is 6.24. The van der Waals surface area contributed by atoms with Crippen LogP contribution in [0.5, 0.6) is 0 Å². The minimum atomic E-state index is -3.48. The zero-order valence-corrected chi connectivity index (χ0v) is 16.1. The van der Waals surface area contributed by atoms with Gasteiger partial charge >= 0.3 is 0 Å². The summed E-state index contributed by atoms with van der Waals surface area (Å²) in [6.07, 6.45) is 0.411. The molecule has 0 aromatic carbocycles. The van der Waals surface area contributed by atoms with Crippen molar-refractivity contribution in [1.82, 2.24) is 4.72 Å². The topological polar surface area (TPSA) is 55.4 Å². The largest absolute Gasteiger partial charge is 0.415 e. The molecular weight excluding hydrogens is 290 g/mol. The van der Waals surface area contributed by atoms with Crippen molar-refractivity contribution >= 4 is 18.3 Å². The first-order chi connectivity index (χ1) is 8.65. The molecule has 0 aromatic rings. The number of rotatable bonds is 7.